The molecule has 0 radical (unpaired) electrons. The first-order chi connectivity index (χ1) is 35.5. The molecular weight excluding hydrogens is 961 g/mol. The van der Waals surface area contributed by atoms with E-state index in [-0.39, 0.29) is 5.78 Å². The number of likely N-dealkylation sites (tertiary alicyclic amines) is 3. The highest BCUT2D eigenvalue weighted by molar-refractivity contribution is 8.00. The van der Waals surface area contributed by atoms with Crippen molar-refractivity contribution < 1.29 is 14.4 Å². The minimum absolute atomic E-state index is 0.288. The first kappa shape index (κ1) is 52.7. The van der Waals surface area contributed by atoms with Gasteiger partial charge in [0.1, 0.15) is 17.3 Å². The van der Waals surface area contributed by atoms with E-state index in [0.717, 1.165) is 30.2 Å². The van der Waals surface area contributed by atoms with Crippen molar-refractivity contribution in [1.29, 1.82) is 0 Å². The predicted molar refractivity (Wildman–Crippen MR) is 310 cm³/mol. The molecule has 3 aliphatic heterocycles. The number of nitrogens with zero attached hydrogens (tertiary/aromatic N) is 3. The minimum Gasteiger partial charge on any atom is -0.361 e. The largest absolute Gasteiger partial charge is 0.361 e. The van der Waals surface area contributed by atoms with Crippen LogP contribution in [0.3, 0.4) is 0 Å². The molecule has 0 spiro atoms. The average molecular weight is 1040 g/mol. The zero-order valence-corrected chi connectivity index (χ0v) is 46.8. The summed E-state index contributed by atoms with van der Waals surface area (Å²) in [5.41, 5.74) is 13.0. The van der Waals surface area contributed by atoms with Gasteiger partial charge in [0.25, 0.3) is 0 Å². The third-order valence-corrected chi connectivity index (χ3v) is 21.1. The van der Waals surface area contributed by atoms with Crippen LogP contribution in [0.2, 0.25) is 0 Å². The Hall–Kier alpha value is -3.78. The SMILES string of the molecule is CC(=O)CSC[C@@H]1C[C@@H]2c3cccc4[nH]cc(c34)C[C@H]2N(C)C1.CCCN1C[C@H](CSCC(C)=O)C[C@@H]2c3cccc4[nH]cc(c34)C[C@H]21.CCCN1C[C@H](CSCC(C)=O)C[C@@H]2c3cccc4[nH]cc(c34)C[C@H]21. The topological polar surface area (TPSA) is 108 Å². The summed E-state index contributed by atoms with van der Waals surface area (Å²) in [4.78, 5) is 52.2. The highest BCUT2D eigenvalue weighted by Gasteiger charge is 2.43. The fourth-order valence-electron chi connectivity index (χ4n) is 14.4. The lowest BCUT2D eigenvalue weighted by Gasteiger charge is -2.47. The number of thioether (sulfide) groups is 3. The molecule has 3 saturated heterocycles. The highest BCUT2D eigenvalue weighted by Crippen LogP contribution is 2.48. The number of carbonyl (C=O) groups is 3. The number of benzene rings is 3. The van der Waals surface area contributed by atoms with Crippen LogP contribution in [-0.2, 0) is 33.6 Å². The van der Waals surface area contributed by atoms with Crippen LogP contribution in [0.5, 0.6) is 0 Å². The van der Waals surface area contributed by atoms with Crippen LogP contribution in [0, 0.1) is 17.8 Å². The molecule has 0 amide bonds. The van der Waals surface area contributed by atoms with Gasteiger partial charge in [0.2, 0.25) is 0 Å². The molecule has 390 valence electrons. The number of aromatic nitrogens is 3. The molecule has 3 aromatic carbocycles. The summed E-state index contributed by atoms with van der Waals surface area (Å²) in [5.74, 6) is 10.1. The summed E-state index contributed by atoms with van der Waals surface area (Å²) < 4.78 is 0. The molecule has 73 heavy (non-hydrogen) atoms. The summed E-state index contributed by atoms with van der Waals surface area (Å²) in [6.07, 6.45) is 16.4. The normalized spacial score (nSPS) is 26.3. The molecule has 3 N–H and O–H groups in total. The van der Waals surface area contributed by atoms with Crippen LogP contribution >= 0.6 is 35.3 Å². The number of ketones is 3. The highest BCUT2D eigenvalue weighted by atomic mass is 32.2. The summed E-state index contributed by atoms with van der Waals surface area (Å²) in [5, 5.41) is 4.44. The van der Waals surface area contributed by atoms with Gasteiger partial charge in [-0.15, -0.1) is 0 Å². The van der Waals surface area contributed by atoms with Gasteiger partial charge in [-0.2, -0.15) is 35.3 Å². The third-order valence-electron chi connectivity index (χ3n) is 17.1. The Morgan fingerprint density at radius 3 is 1.21 bits per heavy atom. The van der Waals surface area contributed by atoms with Gasteiger partial charge < -0.3 is 19.9 Å². The number of aromatic amines is 3. The van der Waals surface area contributed by atoms with Gasteiger partial charge in [-0.3, -0.25) is 24.2 Å². The molecule has 6 aliphatic rings. The number of hydrogen-bond acceptors (Lipinski definition) is 9. The number of piperidine rings is 3. The number of rotatable bonds is 16. The van der Waals surface area contributed by atoms with Crippen LogP contribution in [-0.4, -0.2) is 139 Å². The maximum absolute atomic E-state index is 11.3. The van der Waals surface area contributed by atoms with Crippen molar-refractivity contribution in [2.75, 3.05) is 74.3 Å². The Bertz CT molecular complexity index is 2760. The monoisotopic (exact) mass is 1040 g/mol. The number of Topliss-reactive ketones (excluding diaryl/α,β-unsaturated/α-hetero) is 3. The summed E-state index contributed by atoms with van der Waals surface area (Å²) in [6.45, 7) is 15.6. The third kappa shape index (κ3) is 11.5. The number of likely N-dealkylation sites (N-methyl/N-ethyl adjacent to an activating group) is 1. The van der Waals surface area contributed by atoms with Crippen LogP contribution in [0.1, 0.15) is 118 Å². The fraction of sp³-hybridized carbons (Fsp3) is 0.557. The summed E-state index contributed by atoms with van der Waals surface area (Å²) in [6, 6.07) is 22.1. The van der Waals surface area contributed by atoms with Crippen molar-refractivity contribution in [3.8, 4) is 0 Å². The van der Waals surface area contributed by atoms with Crippen LogP contribution < -0.4 is 0 Å². The first-order valence-corrected chi connectivity index (χ1v) is 31.1. The second-order valence-electron chi connectivity index (χ2n) is 22.8. The lowest BCUT2D eigenvalue weighted by atomic mass is 9.72. The van der Waals surface area contributed by atoms with Crippen molar-refractivity contribution in [2.45, 2.75) is 122 Å². The maximum atomic E-state index is 11.3. The van der Waals surface area contributed by atoms with Gasteiger partial charge in [0, 0.05) is 107 Å². The standard InChI is InChI=1S/2C21H28N2OS.C19H24N2OS/c2*1-3-7-23-11-15(13-25-12-14(2)24)8-18-17-5-4-6-19-21(17)16(10-22-19)9-20(18)23;1-12(22)10-23-11-13-6-16-15-4-3-5-17-19(15)14(8-20-17)7-18(16)21(2)9-13/h2*4-6,10,15,18,20,22H,3,7-9,11-13H2,1-2H3;3-5,8,13,16,18,20H,6-7,9-11H2,1-2H3/t2*15-,18-,20-;13-,16-,18-/m111/s1. The van der Waals surface area contributed by atoms with Gasteiger partial charge >= 0.3 is 0 Å². The quantitative estimate of drug-likeness (QED) is 0.0873. The molecule has 0 unspecified atom stereocenters. The smallest absolute Gasteiger partial charge is 0.139 e. The Balaban J connectivity index is 0.000000126. The minimum atomic E-state index is 0.288. The van der Waals surface area contributed by atoms with Gasteiger partial charge in [-0.05, 0) is 179 Å². The maximum Gasteiger partial charge on any atom is 0.139 e. The van der Waals surface area contributed by atoms with Gasteiger partial charge in [0.05, 0.1) is 17.3 Å². The van der Waals surface area contributed by atoms with Gasteiger partial charge in [-0.25, -0.2) is 0 Å². The number of fused-ring (bicyclic) bond motifs is 6. The van der Waals surface area contributed by atoms with E-state index in [1.807, 2.05) is 23.5 Å². The molecule has 3 aromatic heterocycles. The Morgan fingerprint density at radius 2 is 0.849 bits per heavy atom. The van der Waals surface area contributed by atoms with E-state index in [2.05, 4.69) is 124 Å². The lowest BCUT2D eigenvalue weighted by Crippen LogP contribution is -2.50. The molecule has 9 atom stereocenters. The number of H-pyrrole nitrogens is 3. The van der Waals surface area contributed by atoms with Gasteiger partial charge in [-0.1, -0.05) is 50.2 Å². The van der Waals surface area contributed by atoms with E-state index < -0.39 is 0 Å². The second-order valence-corrected chi connectivity index (χ2v) is 25.9. The van der Waals surface area contributed by atoms with Crippen molar-refractivity contribution in [1.82, 2.24) is 29.7 Å². The molecule has 12 heteroatoms. The molecule has 6 aromatic rings. The summed E-state index contributed by atoms with van der Waals surface area (Å²) in [7, 11) is 2.28. The van der Waals surface area contributed by atoms with Crippen molar-refractivity contribution >= 4 is 85.3 Å². The number of hydrogen-bond donors (Lipinski definition) is 3. The van der Waals surface area contributed by atoms with E-state index in [4.69, 9.17) is 0 Å². The molecule has 6 heterocycles. The van der Waals surface area contributed by atoms with E-state index in [1.165, 1.54) is 126 Å². The van der Waals surface area contributed by atoms with E-state index in [9.17, 15) is 14.4 Å². The molecule has 9 nitrogen and oxygen atoms in total. The Morgan fingerprint density at radius 1 is 0.507 bits per heavy atom. The van der Waals surface area contributed by atoms with Crippen molar-refractivity contribution in [3.05, 3.63) is 107 Å². The zero-order chi connectivity index (χ0) is 50.8. The molecule has 0 bridgehead atoms. The molecule has 0 saturated carbocycles. The van der Waals surface area contributed by atoms with Crippen molar-refractivity contribution in [2.24, 2.45) is 17.8 Å². The average Bonchev–Trinajstić information content (AvgIpc) is 4.12. The van der Waals surface area contributed by atoms with E-state index in [0.29, 0.717) is 82.5 Å². The summed E-state index contributed by atoms with van der Waals surface area (Å²) >= 11 is 5.46. The molecule has 3 aliphatic carbocycles. The number of carbonyl (C=O) groups excluding carboxylic acids is 3. The number of nitrogens with one attached hydrogen (secondary N) is 3. The van der Waals surface area contributed by atoms with E-state index in [1.54, 1.807) is 43.7 Å². The molecule has 12 rings (SSSR count). The van der Waals surface area contributed by atoms with Crippen LogP contribution in [0.15, 0.2) is 73.2 Å². The second kappa shape index (κ2) is 23.6. The lowest BCUT2D eigenvalue weighted by molar-refractivity contribution is -0.115. The zero-order valence-electron chi connectivity index (χ0n) is 44.4. The van der Waals surface area contributed by atoms with Gasteiger partial charge in [0.15, 0.2) is 0 Å². The van der Waals surface area contributed by atoms with Crippen LogP contribution in [0.25, 0.3) is 32.7 Å². The predicted octanol–water partition coefficient (Wildman–Crippen LogP) is 11.9. The Kier molecular flexibility index (Phi) is 17.0. The molecular formula is C61H80N6O3S3. The van der Waals surface area contributed by atoms with Crippen LogP contribution in [0.4, 0.5) is 0 Å². The van der Waals surface area contributed by atoms with Crippen molar-refractivity contribution in [3.63, 3.8) is 0 Å². The fourth-order valence-corrected chi connectivity index (χ4v) is 17.4. The molecule has 3 fully saturated rings. The first-order valence-electron chi connectivity index (χ1n) is 27.6. The Labute approximate surface area is 447 Å². The van der Waals surface area contributed by atoms with E-state index >= 15 is 0 Å².